The van der Waals surface area contributed by atoms with Crippen molar-refractivity contribution in [1.82, 2.24) is 9.97 Å². The number of fused-ring (bicyclic) bond motifs is 2. The van der Waals surface area contributed by atoms with Crippen LogP contribution in [0.15, 0.2) is 109 Å². The monoisotopic (exact) mass is 944 g/mol. The van der Waals surface area contributed by atoms with Crippen molar-refractivity contribution in [3.63, 3.8) is 0 Å². The van der Waals surface area contributed by atoms with Crippen LogP contribution in [0.3, 0.4) is 0 Å². The maximum absolute atomic E-state index is 5.64. The zero-order valence-electron chi connectivity index (χ0n) is 38.8. The van der Waals surface area contributed by atoms with Crippen LogP contribution in [0.5, 0.6) is 0 Å². The Morgan fingerprint density at radius 2 is 1.03 bits per heavy atom. The van der Waals surface area contributed by atoms with E-state index in [-0.39, 0.29) is 25.0 Å². The molecular weight excluding hydrogens is 875 g/mol. The Morgan fingerprint density at radius 1 is 0.619 bits per heavy atom. The van der Waals surface area contributed by atoms with Gasteiger partial charge in [-0.3, -0.25) is 9.97 Å². The zero-order chi connectivity index (χ0) is 42.6. The quantitative estimate of drug-likeness (QED) is 0.0820. The molecule has 1 unspecified atom stereocenters. The first-order chi connectivity index (χ1) is 29.7. The first-order valence-corrected chi connectivity index (χ1v) is 33.6. The van der Waals surface area contributed by atoms with Gasteiger partial charge >= 0.3 is 17.1 Å². The van der Waals surface area contributed by atoms with E-state index in [2.05, 4.69) is 127 Å². The molecule has 0 N–H and O–H groups in total. The van der Waals surface area contributed by atoms with Gasteiger partial charge in [0, 0.05) is 35.4 Å². The van der Waals surface area contributed by atoms with Crippen molar-refractivity contribution in [1.29, 1.82) is 0 Å². The SMILES string of the molecule is C[Si](C)(C)c1cc(C(P)(c2ccc3ccccc3n2)c2ccc3ccccc3n2)c(CP(C23CC4CC(CC(C4)C2)C3)C23CC4CC(CC(C4)C2)C3)[c-]1[Si](C)(C)C.[Fe+2].c1cc[cH-]c1. The summed E-state index contributed by atoms with van der Waals surface area (Å²) in [4.78, 5) is 11.3. The van der Waals surface area contributed by atoms with E-state index in [1.54, 1.807) is 87.8 Å². The average Bonchev–Trinajstić information content (AvgIpc) is 3.94. The van der Waals surface area contributed by atoms with Gasteiger partial charge in [-0.1, -0.05) is 95.7 Å². The van der Waals surface area contributed by atoms with Crippen LogP contribution in [0.2, 0.25) is 39.3 Å². The van der Waals surface area contributed by atoms with E-state index in [0.29, 0.717) is 10.3 Å². The second-order valence-electron chi connectivity index (χ2n) is 23.7. The van der Waals surface area contributed by atoms with E-state index in [1.165, 1.54) is 22.5 Å². The molecular formula is C56H70FeN2P2Si2. The van der Waals surface area contributed by atoms with E-state index >= 15 is 0 Å². The zero-order valence-corrected chi connectivity index (χ0v) is 44.0. The molecule has 14 rings (SSSR count). The molecule has 4 aromatic carbocycles. The van der Waals surface area contributed by atoms with Gasteiger partial charge in [-0.05, 0) is 153 Å². The van der Waals surface area contributed by atoms with Crippen LogP contribution in [-0.2, 0) is 28.4 Å². The minimum Gasteiger partial charge on any atom is -0.252 e. The molecule has 0 spiro atoms. The standard InChI is InChI=1S/C51H65N2P2Si2.C5H5.Fe/c1-56(2,3)45-25-42(51(54,46-17-15-39-11-7-9-13-43(39)52-46)47-18-16-40-12-8-10-14-44(40)53-47)41(48(45)57(4,5)6)32-55(49-26-33-19-34(27-49)21-35(20-33)28-49)50-29-36-22-37(30-50)24-38(23-36)31-50;1-2-4-5-3-1;/h7-18,25,33-38H,19-24,26-32,54H2,1-6H3;1-5H;/q2*-1;+2. The fourth-order valence-corrected chi connectivity index (χ4v) is 27.3. The van der Waals surface area contributed by atoms with E-state index in [4.69, 9.17) is 9.97 Å². The molecule has 63 heavy (non-hydrogen) atoms. The van der Waals surface area contributed by atoms with Crippen LogP contribution in [0.4, 0.5) is 0 Å². The number of hydrogen-bond donors (Lipinski definition) is 0. The summed E-state index contributed by atoms with van der Waals surface area (Å²) in [5.41, 5.74) is 7.72. The third-order valence-corrected chi connectivity index (χ3v) is 26.5. The number of hydrogen-bond acceptors (Lipinski definition) is 2. The molecule has 2 aromatic heterocycles. The summed E-state index contributed by atoms with van der Waals surface area (Å²) in [7, 11) is -0.315. The van der Waals surface area contributed by atoms with Gasteiger partial charge in [0.1, 0.15) is 0 Å². The van der Waals surface area contributed by atoms with Crippen LogP contribution in [0.25, 0.3) is 21.8 Å². The first kappa shape index (κ1) is 44.6. The molecule has 8 aliphatic carbocycles. The summed E-state index contributed by atoms with van der Waals surface area (Å²) in [6.45, 7) is 16.0. The van der Waals surface area contributed by atoms with E-state index in [9.17, 15) is 0 Å². The van der Waals surface area contributed by atoms with Gasteiger partial charge in [-0.2, -0.15) is 39.7 Å². The summed E-state index contributed by atoms with van der Waals surface area (Å²) in [6.07, 6.45) is 19.9. The van der Waals surface area contributed by atoms with Crippen molar-refractivity contribution in [3.05, 3.63) is 132 Å². The third kappa shape index (κ3) is 7.91. The van der Waals surface area contributed by atoms with Crippen molar-refractivity contribution in [2.24, 2.45) is 35.5 Å². The Kier molecular flexibility index (Phi) is 11.7. The van der Waals surface area contributed by atoms with Gasteiger partial charge < -0.3 is 0 Å². The van der Waals surface area contributed by atoms with Crippen LogP contribution >= 0.6 is 17.2 Å². The Labute approximate surface area is 395 Å². The van der Waals surface area contributed by atoms with Gasteiger partial charge in [-0.25, -0.2) is 18.2 Å². The average molecular weight is 945 g/mol. The summed E-state index contributed by atoms with van der Waals surface area (Å²) in [5.74, 6) is 5.96. The molecule has 8 bridgehead atoms. The Balaban J connectivity index is 0.000000737. The number of aromatic nitrogens is 2. The third-order valence-electron chi connectivity index (χ3n) is 17.2. The van der Waals surface area contributed by atoms with Gasteiger partial charge in [-0.15, -0.1) is 9.24 Å². The largest absolute Gasteiger partial charge is 2.00 e. The molecule has 0 radical (unpaired) electrons. The maximum Gasteiger partial charge on any atom is 2.00 e. The van der Waals surface area contributed by atoms with Crippen LogP contribution in [0.1, 0.15) is 99.6 Å². The second-order valence-corrected chi connectivity index (χ2v) is 37.7. The number of benzene rings is 2. The Morgan fingerprint density at radius 3 is 1.40 bits per heavy atom. The molecule has 0 amide bonds. The minimum absolute atomic E-state index is 0. The molecule has 7 heteroatoms. The summed E-state index contributed by atoms with van der Waals surface area (Å²) in [5, 5.41) is 6.58. The van der Waals surface area contributed by atoms with Crippen LogP contribution in [-0.4, -0.2) is 36.4 Å². The molecule has 2 heterocycles. The van der Waals surface area contributed by atoms with Crippen molar-refractivity contribution in [2.45, 2.75) is 138 Å². The maximum atomic E-state index is 5.64. The fraction of sp³-hybridized carbons (Fsp3) is 0.500. The molecule has 1 atom stereocenters. The molecule has 8 saturated carbocycles. The number of para-hydroxylation sites is 2. The van der Waals surface area contributed by atoms with E-state index in [0.717, 1.165) is 57.9 Å². The summed E-state index contributed by atoms with van der Waals surface area (Å²) in [6, 6.07) is 39.6. The summed E-state index contributed by atoms with van der Waals surface area (Å²) < 4.78 is 0. The smallest absolute Gasteiger partial charge is 0.252 e. The van der Waals surface area contributed by atoms with Gasteiger partial charge in [0.25, 0.3) is 0 Å². The predicted molar refractivity (Wildman–Crippen MR) is 276 cm³/mol. The van der Waals surface area contributed by atoms with E-state index in [1.807, 2.05) is 35.5 Å². The molecule has 0 aliphatic heterocycles. The molecule has 8 aliphatic rings. The van der Waals surface area contributed by atoms with Crippen LogP contribution < -0.4 is 10.4 Å². The number of rotatable bonds is 9. The fourth-order valence-electron chi connectivity index (χ4n) is 15.7. The molecule has 330 valence electrons. The minimum atomic E-state index is -1.83. The van der Waals surface area contributed by atoms with Crippen molar-refractivity contribution < 1.29 is 17.1 Å². The van der Waals surface area contributed by atoms with Crippen molar-refractivity contribution in [2.75, 3.05) is 0 Å². The van der Waals surface area contributed by atoms with Crippen LogP contribution in [0, 0.1) is 35.5 Å². The molecule has 8 fully saturated rings. The molecule has 0 saturated heterocycles. The van der Waals surface area contributed by atoms with Crippen molar-refractivity contribution >= 4 is 65.5 Å². The second kappa shape index (κ2) is 16.5. The predicted octanol–water partition coefficient (Wildman–Crippen LogP) is 14.1. The number of nitrogens with zero attached hydrogens (tertiary/aromatic N) is 2. The number of pyridine rings is 2. The van der Waals surface area contributed by atoms with Gasteiger partial charge in [0.2, 0.25) is 0 Å². The van der Waals surface area contributed by atoms with Gasteiger partial charge in [0.05, 0.1) is 19.1 Å². The first-order valence-electron chi connectivity index (χ1n) is 24.5. The normalized spacial score (nSPS) is 30.0. The van der Waals surface area contributed by atoms with E-state index < -0.39 is 21.3 Å². The molecule has 6 aromatic rings. The summed E-state index contributed by atoms with van der Waals surface area (Å²) >= 11 is 0. The van der Waals surface area contributed by atoms with Gasteiger partial charge in [0.15, 0.2) is 0 Å². The van der Waals surface area contributed by atoms with Crippen molar-refractivity contribution in [3.8, 4) is 0 Å². The molecule has 2 nitrogen and oxygen atoms in total. The Hall–Kier alpha value is -2.23. The topological polar surface area (TPSA) is 25.8 Å². The Bertz CT molecular complexity index is 2390.